The molecule has 1 N–H and O–H groups in total. The summed E-state index contributed by atoms with van der Waals surface area (Å²) in [6, 6.07) is 5.10. The van der Waals surface area contributed by atoms with Crippen LogP contribution in [-0.2, 0) is 0 Å². The molecule has 3 heterocycles. The van der Waals surface area contributed by atoms with E-state index >= 15 is 0 Å². The van der Waals surface area contributed by atoms with Crippen LogP contribution in [0.5, 0.6) is 0 Å². The van der Waals surface area contributed by atoms with Gasteiger partial charge >= 0.3 is 0 Å². The number of nitrogens with zero attached hydrogens (tertiary/aromatic N) is 5. The lowest BCUT2D eigenvalue weighted by molar-refractivity contribution is -0.385. The van der Waals surface area contributed by atoms with Crippen molar-refractivity contribution in [2.75, 3.05) is 23.3 Å². The molecule has 8 heteroatoms. The van der Waals surface area contributed by atoms with Crippen LogP contribution in [0.4, 0.5) is 17.5 Å². The molecule has 1 aliphatic heterocycles. The summed E-state index contributed by atoms with van der Waals surface area (Å²) in [5.41, 5.74) is -0.00601. The summed E-state index contributed by atoms with van der Waals surface area (Å²) < 4.78 is 0. The molecule has 0 amide bonds. The Morgan fingerprint density at radius 1 is 1.27 bits per heavy atom. The molecule has 22 heavy (non-hydrogen) atoms. The second kappa shape index (κ2) is 6.33. The number of aromatic nitrogens is 3. The van der Waals surface area contributed by atoms with Crippen LogP contribution in [0.25, 0.3) is 0 Å². The lowest BCUT2D eigenvalue weighted by atomic mass is 10.1. The zero-order valence-electron chi connectivity index (χ0n) is 11.9. The van der Waals surface area contributed by atoms with Gasteiger partial charge in [-0.05, 0) is 25.0 Å². The van der Waals surface area contributed by atoms with E-state index < -0.39 is 4.92 Å². The maximum atomic E-state index is 10.6. The fourth-order valence-electron chi connectivity index (χ4n) is 2.52. The largest absolute Gasteiger partial charge is 0.366 e. The van der Waals surface area contributed by atoms with Crippen molar-refractivity contribution in [1.29, 1.82) is 0 Å². The van der Waals surface area contributed by atoms with E-state index in [2.05, 4.69) is 25.2 Å². The van der Waals surface area contributed by atoms with Crippen molar-refractivity contribution in [3.63, 3.8) is 0 Å². The maximum absolute atomic E-state index is 10.6. The van der Waals surface area contributed by atoms with Gasteiger partial charge in [0.2, 0.25) is 5.95 Å². The van der Waals surface area contributed by atoms with Crippen LogP contribution < -0.4 is 10.2 Å². The first-order chi connectivity index (χ1) is 10.7. The summed E-state index contributed by atoms with van der Waals surface area (Å²) in [5, 5.41) is 13.9. The van der Waals surface area contributed by atoms with Gasteiger partial charge in [-0.15, -0.1) is 0 Å². The molecule has 0 spiro atoms. The highest BCUT2D eigenvalue weighted by molar-refractivity contribution is 5.42. The second-order valence-electron chi connectivity index (χ2n) is 5.14. The van der Waals surface area contributed by atoms with E-state index in [1.165, 1.54) is 12.3 Å². The van der Waals surface area contributed by atoms with Crippen LogP contribution in [-0.4, -0.2) is 39.0 Å². The van der Waals surface area contributed by atoms with Gasteiger partial charge in [-0.1, -0.05) is 0 Å². The molecule has 8 nitrogen and oxygen atoms in total. The summed E-state index contributed by atoms with van der Waals surface area (Å²) in [6.45, 7) is 1.71. The first-order valence-electron chi connectivity index (χ1n) is 7.11. The second-order valence-corrected chi connectivity index (χ2v) is 5.14. The molecule has 0 saturated carbocycles. The molecular weight excluding hydrogens is 284 g/mol. The molecule has 114 valence electrons. The van der Waals surface area contributed by atoms with Crippen LogP contribution in [0.1, 0.15) is 12.8 Å². The van der Waals surface area contributed by atoms with E-state index in [-0.39, 0.29) is 11.7 Å². The van der Waals surface area contributed by atoms with Crippen molar-refractivity contribution in [2.24, 2.45) is 0 Å². The summed E-state index contributed by atoms with van der Waals surface area (Å²) in [6.07, 6.45) is 6.78. The average molecular weight is 300 g/mol. The molecule has 0 bridgehead atoms. The van der Waals surface area contributed by atoms with E-state index in [1.54, 1.807) is 24.5 Å². The van der Waals surface area contributed by atoms with Gasteiger partial charge in [0.25, 0.3) is 5.69 Å². The lowest BCUT2D eigenvalue weighted by Crippen LogP contribution is -2.43. The minimum atomic E-state index is -0.453. The monoisotopic (exact) mass is 300 g/mol. The van der Waals surface area contributed by atoms with Crippen molar-refractivity contribution in [3.8, 4) is 0 Å². The van der Waals surface area contributed by atoms with E-state index in [9.17, 15) is 10.1 Å². The molecule has 1 aliphatic rings. The highest BCUT2D eigenvalue weighted by atomic mass is 16.6. The van der Waals surface area contributed by atoms with Crippen molar-refractivity contribution >= 4 is 17.5 Å². The molecular formula is C14H16N6O2. The Labute approximate surface area is 127 Å². The number of rotatable bonds is 4. The lowest BCUT2D eigenvalue weighted by Gasteiger charge is -2.33. The number of nitro groups is 1. The maximum Gasteiger partial charge on any atom is 0.287 e. The molecule has 1 saturated heterocycles. The highest BCUT2D eigenvalue weighted by Gasteiger charge is 2.21. The fourth-order valence-corrected chi connectivity index (χ4v) is 2.52. The van der Waals surface area contributed by atoms with Gasteiger partial charge in [0.15, 0.2) is 0 Å². The Morgan fingerprint density at radius 3 is 2.77 bits per heavy atom. The van der Waals surface area contributed by atoms with Crippen LogP contribution in [0.2, 0.25) is 0 Å². The summed E-state index contributed by atoms with van der Waals surface area (Å²) >= 11 is 0. The zero-order valence-corrected chi connectivity index (χ0v) is 11.9. The predicted octanol–water partition coefficient (Wildman–Crippen LogP) is 1.86. The minimum Gasteiger partial charge on any atom is -0.366 e. The molecule has 0 aliphatic carbocycles. The third-order valence-electron chi connectivity index (χ3n) is 3.57. The normalized spacial score (nSPS) is 18.0. The quantitative estimate of drug-likeness (QED) is 0.679. The Bertz CT molecular complexity index is 634. The molecule has 2 aromatic rings. The van der Waals surface area contributed by atoms with E-state index in [1.807, 2.05) is 0 Å². The van der Waals surface area contributed by atoms with Gasteiger partial charge in [0, 0.05) is 37.6 Å². The number of nitrogens with one attached hydrogen (secondary N) is 1. The summed E-state index contributed by atoms with van der Waals surface area (Å²) in [5.74, 6) is 1.37. The molecule has 2 aromatic heterocycles. The average Bonchev–Trinajstić information content (AvgIpc) is 2.56. The number of pyridine rings is 1. The number of piperidine rings is 1. The third-order valence-corrected chi connectivity index (χ3v) is 3.57. The van der Waals surface area contributed by atoms with Gasteiger partial charge in [0.1, 0.15) is 12.0 Å². The molecule has 3 rings (SSSR count). The molecule has 1 fully saturated rings. The molecule has 0 radical (unpaired) electrons. The Kier molecular flexibility index (Phi) is 4.08. The minimum absolute atomic E-state index is 0.00601. The van der Waals surface area contributed by atoms with Crippen LogP contribution >= 0.6 is 0 Å². The van der Waals surface area contributed by atoms with Crippen molar-refractivity contribution in [3.05, 3.63) is 46.9 Å². The van der Waals surface area contributed by atoms with Crippen LogP contribution in [0.15, 0.2) is 36.8 Å². The summed E-state index contributed by atoms with van der Waals surface area (Å²) in [7, 11) is 0. The van der Waals surface area contributed by atoms with Gasteiger partial charge in [-0.3, -0.25) is 10.1 Å². The summed E-state index contributed by atoms with van der Waals surface area (Å²) in [4.78, 5) is 24.9. The van der Waals surface area contributed by atoms with Crippen LogP contribution in [0.3, 0.4) is 0 Å². The Hall–Kier alpha value is -2.77. The zero-order chi connectivity index (χ0) is 15.4. The fraction of sp³-hybridized carbons (Fsp3) is 0.357. The van der Waals surface area contributed by atoms with Gasteiger partial charge < -0.3 is 10.2 Å². The highest BCUT2D eigenvalue weighted by Crippen LogP contribution is 2.19. The van der Waals surface area contributed by atoms with Gasteiger partial charge in [0.05, 0.1) is 4.92 Å². The standard InChI is InChI=1S/C14H16N6O2/c21-20(22)12-4-5-13(17-9-12)18-11-3-1-8-19(10-11)14-15-6-2-7-16-14/h2,4-7,9,11H,1,3,8,10H2,(H,17,18)/t11-/m1/s1. The number of anilines is 2. The smallest absolute Gasteiger partial charge is 0.287 e. The predicted molar refractivity (Wildman–Crippen MR) is 81.8 cm³/mol. The first kappa shape index (κ1) is 14.2. The Morgan fingerprint density at radius 2 is 2.09 bits per heavy atom. The van der Waals surface area contributed by atoms with Crippen molar-refractivity contribution in [1.82, 2.24) is 15.0 Å². The topological polar surface area (TPSA) is 97.1 Å². The first-order valence-corrected chi connectivity index (χ1v) is 7.11. The SMILES string of the molecule is O=[N+]([O-])c1ccc(N[C@@H]2CCCN(c3ncccn3)C2)nc1. The van der Waals surface area contributed by atoms with Crippen molar-refractivity contribution in [2.45, 2.75) is 18.9 Å². The van der Waals surface area contributed by atoms with Gasteiger partial charge in [-0.25, -0.2) is 15.0 Å². The molecule has 1 atom stereocenters. The third kappa shape index (κ3) is 3.27. The number of hydrogen-bond acceptors (Lipinski definition) is 7. The van der Waals surface area contributed by atoms with Crippen molar-refractivity contribution < 1.29 is 4.92 Å². The van der Waals surface area contributed by atoms with Crippen LogP contribution in [0, 0.1) is 10.1 Å². The van der Waals surface area contributed by atoms with E-state index in [0.717, 1.165) is 31.9 Å². The van der Waals surface area contributed by atoms with E-state index in [0.29, 0.717) is 5.82 Å². The molecule has 0 aromatic carbocycles. The number of hydrogen-bond donors (Lipinski definition) is 1. The van der Waals surface area contributed by atoms with Gasteiger partial charge in [-0.2, -0.15) is 0 Å². The van der Waals surface area contributed by atoms with E-state index in [4.69, 9.17) is 0 Å². The Balaban J connectivity index is 1.64. The molecule has 0 unspecified atom stereocenters.